The third-order valence-corrected chi connectivity index (χ3v) is 5.28. The van der Waals surface area contributed by atoms with E-state index in [1.165, 1.54) is 17.0 Å². The van der Waals surface area contributed by atoms with Crippen LogP contribution in [-0.2, 0) is 16.9 Å². The molecule has 1 aliphatic rings. The molecule has 0 unspecified atom stereocenters. The van der Waals surface area contributed by atoms with Crippen LogP contribution in [0.15, 0.2) is 72.8 Å². The summed E-state index contributed by atoms with van der Waals surface area (Å²) in [5.74, 6) is -1.22. The maximum Gasteiger partial charge on any atom is 0.264 e. The van der Waals surface area contributed by atoms with Crippen molar-refractivity contribution in [1.82, 2.24) is 0 Å². The van der Waals surface area contributed by atoms with E-state index in [-0.39, 0.29) is 24.6 Å². The number of rotatable bonds is 5. The second kappa shape index (κ2) is 7.26. The summed E-state index contributed by atoms with van der Waals surface area (Å²) >= 11 is 0. The van der Waals surface area contributed by atoms with E-state index in [1.54, 1.807) is 48.5 Å². The van der Waals surface area contributed by atoms with E-state index < -0.39 is 11.5 Å². The van der Waals surface area contributed by atoms with Crippen LogP contribution in [0.5, 0.6) is 0 Å². The van der Waals surface area contributed by atoms with E-state index in [1.807, 2.05) is 19.1 Å². The summed E-state index contributed by atoms with van der Waals surface area (Å²) in [5, 5.41) is 11.3. The quantitative estimate of drug-likeness (QED) is 0.667. The van der Waals surface area contributed by atoms with Gasteiger partial charge in [0.2, 0.25) is 0 Å². The minimum Gasteiger partial charge on any atom is -0.375 e. The molecule has 1 aliphatic heterocycles. The minimum atomic E-state index is -1.93. The molecule has 0 saturated heterocycles. The number of ketones is 1. The molecular weight excluding hydrogens is 369 g/mol. The van der Waals surface area contributed by atoms with Gasteiger partial charge in [-0.15, -0.1) is 0 Å². The number of amides is 1. The molecule has 0 saturated carbocycles. The Kier molecular flexibility index (Phi) is 4.76. The maximum absolute atomic E-state index is 13.2. The summed E-state index contributed by atoms with van der Waals surface area (Å²) < 4.78 is 13.2. The Bertz CT molecular complexity index is 1080. The third kappa shape index (κ3) is 3.45. The highest BCUT2D eigenvalue weighted by Gasteiger charge is 2.50. The summed E-state index contributed by atoms with van der Waals surface area (Å²) in [6, 6.07) is 19.8. The molecule has 0 aliphatic carbocycles. The van der Waals surface area contributed by atoms with Crippen molar-refractivity contribution in [2.24, 2.45) is 0 Å². The average Bonchev–Trinajstić information content (AvgIpc) is 2.92. The Labute approximate surface area is 168 Å². The van der Waals surface area contributed by atoms with Crippen LogP contribution in [0.25, 0.3) is 0 Å². The first-order valence-electron chi connectivity index (χ1n) is 9.37. The van der Waals surface area contributed by atoms with Gasteiger partial charge in [0.25, 0.3) is 5.91 Å². The Morgan fingerprint density at radius 2 is 1.66 bits per heavy atom. The first-order valence-corrected chi connectivity index (χ1v) is 9.37. The monoisotopic (exact) mass is 389 g/mol. The molecule has 146 valence electrons. The number of hydrogen-bond acceptors (Lipinski definition) is 3. The normalized spacial score (nSPS) is 18.0. The second-order valence-electron chi connectivity index (χ2n) is 7.36. The van der Waals surface area contributed by atoms with Gasteiger partial charge in [0.1, 0.15) is 5.82 Å². The molecule has 1 heterocycles. The topological polar surface area (TPSA) is 57.6 Å². The van der Waals surface area contributed by atoms with Gasteiger partial charge in [0, 0.05) is 11.1 Å². The zero-order chi connectivity index (χ0) is 20.6. The molecule has 4 nitrogen and oxygen atoms in total. The van der Waals surface area contributed by atoms with Crippen molar-refractivity contribution < 1.29 is 19.1 Å². The van der Waals surface area contributed by atoms with Gasteiger partial charge in [0.15, 0.2) is 11.4 Å². The summed E-state index contributed by atoms with van der Waals surface area (Å²) in [5.41, 5.74) is 1.23. The number of aryl methyl sites for hydroxylation is 1. The molecule has 29 heavy (non-hydrogen) atoms. The molecule has 1 N–H and O–H groups in total. The summed E-state index contributed by atoms with van der Waals surface area (Å²) in [6.07, 6.45) is -0.341. The van der Waals surface area contributed by atoms with E-state index >= 15 is 0 Å². The van der Waals surface area contributed by atoms with Crippen LogP contribution >= 0.6 is 0 Å². The van der Waals surface area contributed by atoms with Crippen molar-refractivity contribution in [2.45, 2.75) is 25.5 Å². The molecule has 1 amide bonds. The van der Waals surface area contributed by atoms with E-state index in [2.05, 4.69) is 0 Å². The number of para-hydroxylation sites is 1. The van der Waals surface area contributed by atoms with Crippen molar-refractivity contribution in [3.63, 3.8) is 0 Å². The molecule has 3 aromatic carbocycles. The van der Waals surface area contributed by atoms with Crippen molar-refractivity contribution in [3.8, 4) is 0 Å². The number of nitrogens with zero attached hydrogens (tertiary/aromatic N) is 1. The summed E-state index contributed by atoms with van der Waals surface area (Å²) in [4.78, 5) is 27.5. The Morgan fingerprint density at radius 3 is 2.34 bits per heavy atom. The lowest BCUT2D eigenvalue weighted by atomic mass is 9.88. The molecule has 0 spiro atoms. The van der Waals surface area contributed by atoms with Gasteiger partial charge in [0.05, 0.1) is 18.7 Å². The van der Waals surface area contributed by atoms with E-state index in [0.717, 1.165) is 11.1 Å². The number of hydrogen-bond donors (Lipinski definition) is 1. The van der Waals surface area contributed by atoms with Crippen LogP contribution in [0.3, 0.4) is 0 Å². The zero-order valence-electron chi connectivity index (χ0n) is 15.9. The van der Waals surface area contributed by atoms with Gasteiger partial charge in [-0.1, -0.05) is 60.2 Å². The van der Waals surface area contributed by atoms with Crippen LogP contribution in [0.2, 0.25) is 0 Å². The minimum absolute atomic E-state index is 0.178. The van der Waals surface area contributed by atoms with E-state index in [9.17, 15) is 19.1 Å². The number of carbonyl (C=O) groups excluding carboxylic acids is 2. The largest absolute Gasteiger partial charge is 0.375 e. The molecular formula is C24H20FNO3. The highest BCUT2D eigenvalue weighted by molar-refractivity contribution is 6.10. The zero-order valence-corrected chi connectivity index (χ0v) is 15.9. The predicted octanol–water partition coefficient (Wildman–Crippen LogP) is 4.14. The number of Topliss-reactive ketones (excluding diaryl/α,β-unsaturated/α-hetero) is 1. The van der Waals surface area contributed by atoms with Crippen LogP contribution in [0, 0.1) is 12.7 Å². The first-order chi connectivity index (χ1) is 13.9. The number of aliphatic hydroxyl groups is 1. The lowest BCUT2D eigenvalue weighted by molar-refractivity contribution is -0.136. The lowest BCUT2D eigenvalue weighted by Gasteiger charge is -2.23. The molecule has 4 rings (SSSR count). The smallest absolute Gasteiger partial charge is 0.264 e. The van der Waals surface area contributed by atoms with Crippen LogP contribution in [0.1, 0.15) is 33.5 Å². The number of anilines is 1. The van der Waals surface area contributed by atoms with Gasteiger partial charge >= 0.3 is 0 Å². The van der Waals surface area contributed by atoms with E-state index in [4.69, 9.17) is 0 Å². The summed E-state index contributed by atoms with van der Waals surface area (Å²) in [6.45, 7) is 2.10. The molecule has 1 atom stereocenters. The standard InChI is InChI=1S/C24H20FNO3/c1-16-6-10-18(11-7-16)22(27)14-24(29)20-4-2-3-5-21(20)26(23(24)28)15-17-8-12-19(25)13-9-17/h2-13,29H,14-15H2,1H3/t24-/m0/s1. The van der Waals surface area contributed by atoms with Gasteiger partial charge in [-0.25, -0.2) is 4.39 Å². The Morgan fingerprint density at radius 1 is 1.00 bits per heavy atom. The Hall–Kier alpha value is -3.31. The number of halogens is 1. The number of fused-ring (bicyclic) bond motifs is 1. The SMILES string of the molecule is Cc1ccc(C(=O)C[C@@]2(O)C(=O)N(Cc3ccc(F)cc3)c3ccccc32)cc1. The third-order valence-electron chi connectivity index (χ3n) is 5.28. The van der Waals surface area contributed by atoms with Crippen LogP contribution < -0.4 is 4.90 Å². The van der Waals surface area contributed by atoms with Crippen LogP contribution in [0.4, 0.5) is 10.1 Å². The predicted molar refractivity (Wildman–Crippen MR) is 108 cm³/mol. The van der Waals surface area contributed by atoms with Crippen molar-refractivity contribution in [3.05, 3.63) is 101 Å². The van der Waals surface area contributed by atoms with Gasteiger partial charge < -0.3 is 10.0 Å². The number of benzene rings is 3. The van der Waals surface area contributed by atoms with Gasteiger partial charge in [-0.2, -0.15) is 0 Å². The summed E-state index contributed by atoms with van der Waals surface area (Å²) in [7, 11) is 0. The molecule has 5 heteroatoms. The average molecular weight is 389 g/mol. The lowest BCUT2D eigenvalue weighted by Crippen LogP contribution is -2.41. The van der Waals surface area contributed by atoms with Crippen LogP contribution in [-0.4, -0.2) is 16.8 Å². The fourth-order valence-electron chi connectivity index (χ4n) is 3.68. The molecule has 0 radical (unpaired) electrons. The highest BCUT2D eigenvalue weighted by atomic mass is 19.1. The molecule has 0 bridgehead atoms. The fourth-order valence-corrected chi connectivity index (χ4v) is 3.68. The van der Waals surface area contributed by atoms with Crippen molar-refractivity contribution in [1.29, 1.82) is 0 Å². The van der Waals surface area contributed by atoms with Crippen molar-refractivity contribution in [2.75, 3.05) is 4.90 Å². The van der Waals surface area contributed by atoms with E-state index in [0.29, 0.717) is 16.8 Å². The number of carbonyl (C=O) groups is 2. The molecule has 0 aromatic heterocycles. The maximum atomic E-state index is 13.2. The molecule has 0 fully saturated rings. The van der Waals surface area contributed by atoms with Crippen molar-refractivity contribution >= 4 is 17.4 Å². The highest BCUT2D eigenvalue weighted by Crippen LogP contribution is 2.43. The first kappa shape index (κ1) is 19.0. The second-order valence-corrected chi connectivity index (χ2v) is 7.36. The Balaban J connectivity index is 1.66. The van der Waals surface area contributed by atoms with Gasteiger partial charge in [-0.3, -0.25) is 9.59 Å². The molecule has 3 aromatic rings. The fraction of sp³-hybridized carbons (Fsp3) is 0.167. The van der Waals surface area contributed by atoms with Gasteiger partial charge in [-0.05, 0) is 30.7 Å².